The predicted molar refractivity (Wildman–Crippen MR) is 62.5 cm³/mol. The van der Waals surface area contributed by atoms with Crippen LogP contribution in [0.2, 0.25) is 5.02 Å². The molecule has 76 valence electrons. The Kier molecular flexibility index (Phi) is 3.19. The van der Waals surface area contributed by atoms with Crippen molar-refractivity contribution >= 4 is 28.9 Å². The Labute approximate surface area is 94.6 Å². The van der Waals surface area contributed by atoms with Gasteiger partial charge in [-0.15, -0.1) is 11.6 Å². The lowest BCUT2D eigenvalue weighted by Gasteiger charge is -2.21. The van der Waals surface area contributed by atoms with Gasteiger partial charge in [-0.05, 0) is 25.0 Å². The van der Waals surface area contributed by atoms with Crippen molar-refractivity contribution in [1.29, 1.82) is 0 Å². The van der Waals surface area contributed by atoms with Gasteiger partial charge in [0.25, 0.3) is 0 Å². The minimum Gasteiger partial charge on any atom is -0.371 e. The summed E-state index contributed by atoms with van der Waals surface area (Å²) in [5.74, 6) is 0.492. The van der Waals surface area contributed by atoms with Gasteiger partial charge < -0.3 is 4.90 Å². The van der Waals surface area contributed by atoms with Crippen LogP contribution in [-0.4, -0.2) is 13.1 Å². The lowest BCUT2D eigenvalue weighted by molar-refractivity contribution is 0.949. The maximum atomic E-state index is 6.10. The number of halogens is 2. The molecule has 1 aromatic rings. The van der Waals surface area contributed by atoms with E-state index in [1.165, 1.54) is 18.5 Å². The van der Waals surface area contributed by atoms with Gasteiger partial charge in [0.05, 0.1) is 5.88 Å². The van der Waals surface area contributed by atoms with Crippen molar-refractivity contribution in [3.05, 3.63) is 28.8 Å². The van der Waals surface area contributed by atoms with E-state index in [9.17, 15) is 0 Å². The Morgan fingerprint density at radius 1 is 1.21 bits per heavy atom. The molecule has 14 heavy (non-hydrogen) atoms. The summed E-state index contributed by atoms with van der Waals surface area (Å²) in [7, 11) is 0. The molecule has 0 N–H and O–H groups in total. The Bertz CT molecular complexity index is 319. The number of anilines is 1. The smallest absolute Gasteiger partial charge is 0.0509 e. The summed E-state index contributed by atoms with van der Waals surface area (Å²) in [6.45, 7) is 2.26. The van der Waals surface area contributed by atoms with Crippen LogP contribution in [0.1, 0.15) is 18.4 Å². The zero-order chi connectivity index (χ0) is 9.97. The normalized spacial score (nSPS) is 16.3. The van der Waals surface area contributed by atoms with E-state index in [4.69, 9.17) is 23.2 Å². The Morgan fingerprint density at radius 3 is 2.57 bits per heavy atom. The van der Waals surface area contributed by atoms with Crippen LogP contribution in [0.4, 0.5) is 5.69 Å². The van der Waals surface area contributed by atoms with Gasteiger partial charge in [0, 0.05) is 29.4 Å². The molecule has 1 aliphatic rings. The van der Waals surface area contributed by atoms with Gasteiger partial charge in [-0.2, -0.15) is 0 Å². The summed E-state index contributed by atoms with van der Waals surface area (Å²) >= 11 is 12.0. The molecule has 1 aromatic carbocycles. The van der Waals surface area contributed by atoms with E-state index >= 15 is 0 Å². The second-order valence-electron chi connectivity index (χ2n) is 3.57. The van der Waals surface area contributed by atoms with E-state index in [1.807, 2.05) is 12.1 Å². The van der Waals surface area contributed by atoms with Crippen LogP contribution in [0, 0.1) is 0 Å². The second-order valence-corrected chi connectivity index (χ2v) is 4.24. The Balaban J connectivity index is 2.35. The molecule has 0 spiro atoms. The number of alkyl halides is 1. The van der Waals surface area contributed by atoms with Crippen molar-refractivity contribution in [2.24, 2.45) is 0 Å². The van der Waals surface area contributed by atoms with Gasteiger partial charge in [-0.1, -0.05) is 17.7 Å². The summed E-state index contributed by atoms with van der Waals surface area (Å²) in [5.41, 5.74) is 2.28. The summed E-state index contributed by atoms with van der Waals surface area (Å²) < 4.78 is 0. The second kappa shape index (κ2) is 4.41. The van der Waals surface area contributed by atoms with Crippen molar-refractivity contribution in [1.82, 2.24) is 0 Å². The molecule has 0 unspecified atom stereocenters. The molecule has 0 aromatic heterocycles. The first kappa shape index (κ1) is 10.1. The molecule has 0 bridgehead atoms. The van der Waals surface area contributed by atoms with E-state index < -0.39 is 0 Å². The highest BCUT2D eigenvalue weighted by Gasteiger charge is 2.16. The summed E-state index contributed by atoms with van der Waals surface area (Å²) in [4.78, 5) is 2.36. The van der Waals surface area contributed by atoms with Gasteiger partial charge in [-0.25, -0.2) is 0 Å². The Morgan fingerprint density at radius 2 is 1.93 bits per heavy atom. The first-order valence-electron chi connectivity index (χ1n) is 4.91. The molecule has 1 nitrogen and oxygen atoms in total. The highest BCUT2D eigenvalue weighted by Crippen LogP contribution is 2.30. The lowest BCUT2D eigenvalue weighted by Crippen LogP contribution is -2.19. The summed E-state index contributed by atoms with van der Waals surface area (Å²) in [5, 5.41) is 0.782. The summed E-state index contributed by atoms with van der Waals surface area (Å²) in [6.07, 6.45) is 2.54. The van der Waals surface area contributed by atoms with E-state index in [1.54, 1.807) is 0 Å². The summed E-state index contributed by atoms with van der Waals surface area (Å²) in [6, 6.07) is 6.00. The minimum atomic E-state index is 0.492. The van der Waals surface area contributed by atoms with Crippen molar-refractivity contribution in [3.8, 4) is 0 Å². The van der Waals surface area contributed by atoms with Crippen molar-refractivity contribution in [2.45, 2.75) is 18.7 Å². The molecule has 0 atom stereocenters. The molecule has 1 fully saturated rings. The third-order valence-corrected chi connectivity index (χ3v) is 3.30. The van der Waals surface area contributed by atoms with Crippen LogP contribution in [0.3, 0.4) is 0 Å². The molecule has 0 aliphatic carbocycles. The fraction of sp³-hybridized carbons (Fsp3) is 0.455. The molecular weight excluding hydrogens is 217 g/mol. The monoisotopic (exact) mass is 229 g/mol. The predicted octanol–water partition coefficient (Wildman–Crippen LogP) is 3.68. The number of rotatable bonds is 2. The van der Waals surface area contributed by atoms with E-state index in [0.717, 1.165) is 23.7 Å². The van der Waals surface area contributed by atoms with E-state index in [-0.39, 0.29) is 0 Å². The third kappa shape index (κ3) is 1.84. The molecule has 2 rings (SSSR count). The first-order chi connectivity index (χ1) is 6.83. The highest BCUT2D eigenvalue weighted by molar-refractivity contribution is 6.32. The number of nitrogens with zero attached hydrogens (tertiary/aromatic N) is 1. The van der Waals surface area contributed by atoms with Crippen LogP contribution in [0.25, 0.3) is 0 Å². The molecule has 0 saturated carbocycles. The van der Waals surface area contributed by atoms with Crippen LogP contribution < -0.4 is 4.90 Å². The van der Waals surface area contributed by atoms with E-state index in [0.29, 0.717) is 5.88 Å². The van der Waals surface area contributed by atoms with Crippen molar-refractivity contribution < 1.29 is 0 Å². The van der Waals surface area contributed by atoms with Gasteiger partial charge in [-0.3, -0.25) is 0 Å². The zero-order valence-corrected chi connectivity index (χ0v) is 9.48. The maximum absolute atomic E-state index is 6.10. The highest BCUT2D eigenvalue weighted by atomic mass is 35.5. The molecule has 0 amide bonds. The molecular formula is C11H13Cl2N. The van der Waals surface area contributed by atoms with Crippen molar-refractivity contribution in [2.75, 3.05) is 18.0 Å². The first-order valence-corrected chi connectivity index (χ1v) is 5.82. The lowest BCUT2D eigenvalue weighted by atomic mass is 10.2. The van der Waals surface area contributed by atoms with Crippen molar-refractivity contribution in [3.63, 3.8) is 0 Å². The molecule has 3 heteroatoms. The molecule has 1 aliphatic heterocycles. The number of hydrogen-bond acceptors (Lipinski definition) is 1. The Hall–Kier alpha value is -0.400. The van der Waals surface area contributed by atoms with Crippen LogP contribution in [0.15, 0.2) is 18.2 Å². The van der Waals surface area contributed by atoms with Gasteiger partial charge in [0.2, 0.25) is 0 Å². The largest absolute Gasteiger partial charge is 0.371 e. The van der Waals surface area contributed by atoms with Crippen LogP contribution in [0.5, 0.6) is 0 Å². The number of benzene rings is 1. The van der Waals surface area contributed by atoms with Crippen LogP contribution in [-0.2, 0) is 5.88 Å². The molecule has 0 radical (unpaired) electrons. The van der Waals surface area contributed by atoms with Gasteiger partial charge >= 0.3 is 0 Å². The quantitative estimate of drug-likeness (QED) is 0.700. The topological polar surface area (TPSA) is 3.24 Å². The minimum absolute atomic E-state index is 0.492. The zero-order valence-electron chi connectivity index (χ0n) is 7.97. The fourth-order valence-electron chi connectivity index (χ4n) is 1.93. The molecule has 1 saturated heterocycles. The van der Waals surface area contributed by atoms with Gasteiger partial charge in [0.1, 0.15) is 0 Å². The van der Waals surface area contributed by atoms with Gasteiger partial charge in [0.15, 0.2) is 0 Å². The third-order valence-electron chi connectivity index (χ3n) is 2.67. The number of hydrogen-bond donors (Lipinski definition) is 0. The average molecular weight is 230 g/mol. The van der Waals surface area contributed by atoms with E-state index in [2.05, 4.69) is 11.0 Å². The SMILES string of the molecule is ClCc1c(Cl)cccc1N1CCCC1. The van der Waals surface area contributed by atoms with Crippen LogP contribution >= 0.6 is 23.2 Å². The fourth-order valence-corrected chi connectivity index (χ4v) is 2.52. The maximum Gasteiger partial charge on any atom is 0.0509 e. The molecule has 1 heterocycles. The standard InChI is InChI=1S/C11H13Cl2N/c12-8-9-10(13)4-3-5-11(9)14-6-1-2-7-14/h3-5H,1-2,6-8H2. The average Bonchev–Trinajstić information content (AvgIpc) is 2.70.